The van der Waals surface area contributed by atoms with Crippen LogP contribution in [0.25, 0.3) is 0 Å². The Morgan fingerprint density at radius 2 is 1.07 bits per heavy atom. The molecule has 86 valence electrons. The van der Waals surface area contributed by atoms with Crippen molar-refractivity contribution in [3.63, 3.8) is 0 Å². The summed E-state index contributed by atoms with van der Waals surface area (Å²) in [6, 6.07) is 0. The van der Waals surface area contributed by atoms with Gasteiger partial charge in [0, 0.05) is 0 Å². The standard InChI is InChI=1S/C10H27N3O/c1-12(2,3)9-7-11(14)8-10-13(4,5)6/h14H,7-10H2,1-6H3/q+2. The van der Waals surface area contributed by atoms with Crippen molar-refractivity contribution in [1.29, 1.82) is 0 Å². The lowest BCUT2D eigenvalue weighted by atomic mass is 10.4. The maximum absolute atomic E-state index is 9.59. The highest BCUT2D eigenvalue weighted by Gasteiger charge is 2.13. The Hall–Kier alpha value is -0.160. The van der Waals surface area contributed by atoms with E-state index in [9.17, 15) is 5.21 Å². The van der Waals surface area contributed by atoms with Gasteiger partial charge in [0.05, 0.1) is 68.5 Å². The molecule has 4 nitrogen and oxygen atoms in total. The first-order chi connectivity index (χ1) is 6.10. The van der Waals surface area contributed by atoms with Gasteiger partial charge in [0.1, 0.15) is 0 Å². The van der Waals surface area contributed by atoms with E-state index in [2.05, 4.69) is 42.3 Å². The van der Waals surface area contributed by atoms with Crippen LogP contribution < -0.4 is 0 Å². The number of rotatable bonds is 6. The predicted octanol–water partition coefficient (Wildman–Crippen LogP) is 0.0900. The van der Waals surface area contributed by atoms with Gasteiger partial charge in [-0.3, -0.25) is 0 Å². The molecule has 0 radical (unpaired) electrons. The zero-order valence-corrected chi connectivity index (χ0v) is 10.6. The van der Waals surface area contributed by atoms with E-state index < -0.39 is 0 Å². The summed E-state index contributed by atoms with van der Waals surface area (Å²) >= 11 is 0. The second-order valence-corrected chi connectivity index (χ2v) is 5.98. The zero-order chi connectivity index (χ0) is 11.4. The Bertz CT molecular complexity index is 140. The van der Waals surface area contributed by atoms with E-state index >= 15 is 0 Å². The molecule has 0 amide bonds. The average Bonchev–Trinajstić information content (AvgIpc) is 1.94. The van der Waals surface area contributed by atoms with Gasteiger partial charge in [0.25, 0.3) is 0 Å². The number of hydroxylamine groups is 2. The molecule has 0 aliphatic carbocycles. The Kier molecular flexibility index (Phi) is 5.01. The van der Waals surface area contributed by atoms with Crippen LogP contribution in [0.1, 0.15) is 0 Å². The van der Waals surface area contributed by atoms with Crippen LogP contribution in [-0.2, 0) is 0 Å². The molecule has 0 bridgehead atoms. The first-order valence-electron chi connectivity index (χ1n) is 5.15. The molecule has 0 fully saturated rings. The Morgan fingerprint density at radius 3 is 1.29 bits per heavy atom. The number of hydrogen-bond acceptors (Lipinski definition) is 2. The minimum atomic E-state index is 0.740. The van der Waals surface area contributed by atoms with E-state index in [1.807, 2.05) is 0 Å². The Balaban J connectivity index is 3.62. The average molecular weight is 205 g/mol. The van der Waals surface area contributed by atoms with Crippen molar-refractivity contribution in [2.24, 2.45) is 0 Å². The molecule has 0 aliphatic rings. The minimum Gasteiger partial charge on any atom is -0.330 e. The van der Waals surface area contributed by atoms with Crippen molar-refractivity contribution in [3.05, 3.63) is 0 Å². The third kappa shape index (κ3) is 9.92. The van der Waals surface area contributed by atoms with Gasteiger partial charge >= 0.3 is 0 Å². The van der Waals surface area contributed by atoms with Crippen LogP contribution >= 0.6 is 0 Å². The second-order valence-electron chi connectivity index (χ2n) is 5.98. The topological polar surface area (TPSA) is 23.5 Å². The smallest absolute Gasteiger partial charge is 0.0933 e. The highest BCUT2D eigenvalue weighted by atomic mass is 16.5. The lowest BCUT2D eigenvalue weighted by Crippen LogP contribution is -2.45. The van der Waals surface area contributed by atoms with E-state index in [1.54, 1.807) is 0 Å². The summed E-state index contributed by atoms with van der Waals surface area (Å²) in [6.45, 7) is 3.41. The molecule has 0 saturated heterocycles. The monoisotopic (exact) mass is 205 g/mol. The first-order valence-corrected chi connectivity index (χ1v) is 5.15. The number of hydrogen-bond donors (Lipinski definition) is 1. The normalized spacial score (nSPS) is 13.7. The highest BCUT2D eigenvalue weighted by Crippen LogP contribution is 1.94. The van der Waals surface area contributed by atoms with E-state index in [1.165, 1.54) is 5.06 Å². The molecule has 0 aromatic heterocycles. The van der Waals surface area contributed by atoms with E-state index in [0.717, 1.165) is 35.1 Å². The third-order valence-electron chi connectivity index (χ3n) is 2.06. The lowest BCUT2D eigenvalue weighted by Gasteiger charge is -2.28. The summed E-state index contributed by atoms with van der Waals surface area (Å²) in [4.78, 5) is 0. The molecule has 4 heteroatoms. The zero-order valence-electron chi connectivity index (χ0n) is 10.6. The van der Waals surface area contributed by atoms with Gasteiger partial charge < -0.3 is 14.2 Å². The van der Waals surface area contributed by atoms with Gasteiger partial charge in [0.15, 0.2) is 0 Å². The van der Waals surface area contributed by atoms with Crippen LogP contribution in [0, 0.1) is 0 Å². The minimum absolute atomic E-state index is 0.740. The second kappa shape index (κ2) is 5.07. The van der Waals surface area contributed by atoms with Crippen molar-refractivity contribution in [2.45, 2.75) is 0 Å². The molecule has 0 spiro atoms. The summed E-state index contributed by atoms with van der Waals surface area (Å²) in [5.74, 6) is 0. The summed E-state index contributed by atoms with van der Waals surface area (Å²) in [5, 5.41) is 11.0. The molecule has 0 atom stereocenters. The molecule has 0 aromatic rings. The molecular formula is C10H27N3O+2. The summed E-state index contributed by atoms with van der Waals surface area (Å²) in [5.41, 5.74) is 0. The van der Waals surface area contributed by atoms with Crippen LogP contribution in [-0.4, -0.2) is 87.7 Å². The van der Waals surface area contributed by atoms with E-state index in [4.69, 9.17) is 0 Å². The lowest BCUT2D eigenvalue weighted by molar-refractivity contribution is -0.873. The van der Waals surface area contributed by atoms with Crippen molar-refractivity contribution in [3.8, 4) is 0 Å². The van der Waals surface area contributed by atoms with Crippen LogP contribution in [0.5, 0.6) is 0 Å². The van der Waals surface area contributed by atoms with Gasteiger partial charge in [-0.15, -0.1) is 0 Å². The molecule has 0 rings (SSSR count). The Morgan fingerprint density at radius 1 is 0.786 bits per heavy atom. The number of likely N-dealkylation sites (N-methyl/N-ethyl adjacent to an activating group) is 2. The SMILES string of the molecule is C[N+](C)(C)CCN(O)CC[N+](C)(C)C. The van der Waals surface area contributed by atoms with Crippen molar-refractivity contribution in [1.82, 2.24) is 5.06 Å². The van der Waals surface area contributed by atoms with Gasteiger partial charge in [-0.2, -0.15) is 5.06 Å². The maximum atomic E-state index is 9.59. The summed E-state index contributed by atoms with van der Waals surface area (Å²) in [7, 11) is 12.8. The summed E-state index contributed by atoms with van der Waals surface area (Å²) in [6.07, 6.45) is 0. The molecule has 1 N–H and O–H groups in total. The highest BCUT2D eigenvalue weighted by molar-refractivity contribution is 4.43. The van der Waals surface area contributed by atoms with Gasteiger partial charge in [0.2, 0.25) is 0 Å². The first kappa shape index (κ1) is 13.8. The molecule has 0 unspecified atom stereocenters. The van der Waals surface area contributed by atoms with Crippen LogP contribution in [0.2, 0.25) is 0 Å². The molecule has 0 aromatic carbocycles. The molecular weight excluding hydrogens is 178 g/mol. The van der Waals surface area contributed by atoms with Crippen molar-refractivity contribution >= 4 is 0 Å². The largest absolute Gasteiger partial charge is 0.330 e. The van der Waals surface area contributed by atoms with Crippen molar-refractivity contribution < 1.29 is 14.2 Å². The van der Waals surface area contributed by atoms with Crippen molar-refractivity contribution in [2.75, 3.05) is 68.5 Å². The third-order valence-corrected chi connectivity index (χ3v) is 2.06. The maximum Gasteiger partial charge on any atom is 0.0933 e. The van der Waals surface area contributed by atoms with Crippen LogP contribution in [0.15, 0.2) is 0 Å². The fourth-order valence-corrected chi connectivity index (χ4v) is 0.943. The van der Waals surface area contributed by atoms with E-state index in [0.29, 0.717) is 0 Å². The van der Waals surface area contributed by atoms with E-state index in [-0.39, 0.29) is 0 Å². The molecule has 0 heterocycles. The summed E-state index contributed by atoms with van der Waals surface area (Å²) < 4.78 is 1.78. The Labute approximate surface area is 88.5 Å². The molecule has 0 aliphatic heterocycles. The van der Waals surface area contributed by atoms with Gasteiger partial charge in [-0.05, 0) is 0 Å². The molecule has 0 saturated carbocycles. The fourth-order valence-electron chi connectivity index (χ4n) is 0.943. The van der Waals surface area contributed by atoms with Gasteiger partial charge in [-0.1, -0.05) is 0 Å². The number of nitrogens with zero attached hydrogens (tertiary/aromatic N) is 3. The number of quaternary nitrogens is 2. The molecule has 14 heavy (non-hydrogen) atoms. The van der Waals surface area contributed by atoms with Crippen LogP contribution in [0.4, 0.5) is 0 Å². The quantitative estimate of drug-likeness (QED) is 0.491. The fraction of sp³-hybridized carbons (Fsp3) is 1.00. The van der Waals surface area contributed by atoms with Gasteiger partial charge in [-0.25, -0.2) is 0 Å². The van der Waals surface area contributed by atoms with Crippen LogP contribution in [0.3, 0.4) is 0 Å². The predicted molar refractivity (Wildman–Crippen MR) is 59.2 cm³/mol.